The Hall–Kier alpha value is -4.36. The van der Waals surface area contributed by atoms with Gasteiger partial charge < -0.3 is 10.1 Å². The Morgan fingerprint density at radius 1 is 1.18 bits per heavy atom. The van der Waals surface area contributed by atoms with Crippen LogP contribution in [0.4, 0.5) is 23.4 Å². The van der Waals surface area contributed by atoms with Gasteiger partial charge in [0.1, 0.15) is 29.5 Å². The van der Waals surface area contributed by atoms with Crippen LogP contribution < -0.4 is 10.9 Å². The molecule has 4 aromatic rings. The number of carbonyl (C=O) groups excluding carboxylic acids is 2. The molecule has 0 aliphatic carbocycles. The number of pyridine rings is 2. The quantitative estimate of drug-likeness (QED) is 0.362. The minimum Gasteiger partial charge on any atom is -0.464 e. The number of alkyl halides is 3. The summed E-state index contributed by atoms with van der Waals surface area (Å²) in [7, 11) is 1.07. The van der Waals surface area contributed by atoms with Crippen LogP contribution in [0.1, 0.15) is 16.2 Å². The number of nitrogens with one attached hydrogen (secondary N) is 1. The van der Waals surface area contributed by atoms with E-state index in [2.05, 4.69) is 25.1 Å². The molecule has 0 bridgehead atoms. The molecule has 0 atom stereocenters. The zero-order valence-electron chi connectivity index (χ0n) is 16.6. The van der Waals surface area contributed by atoms with Gasteiger partial charge in [0.05, 0.1) is 18.7 Å². The van der Waals surface area contributed by atoms with Gasteiger partial charge in [-0.2, -0.15) is 22.8 Å². The highest BCUT2D eigenvalue weighted by molar-refractivity contribution is 5.91. The molecule has 0 saturated heterocycles. The van der Waals surface area contributed by atoms with Crippen molar-refractivity contribution in [2.45, 2.75) is 12.7 Å². The van der Waals surface area contributed by atoms with Crippen LogP contribution in [0.25, 0.3) is 16.7 Å². The summed E-state index contributed by atoms with van der Waals surface area (Å²) in [5, 5.41) is 5.99. The predicted molar refractivity (Wildman–Crippen MR) is 104 cm³/mol. The molecule has 1 amide bonds. The second-order valence-corrected chi connectivity index (χ2v) is 6.66. The Morgan fingerprint density at radius 2 is 1.94 bits per heavy atom. The molecule has 0 aromatic carbocycles. The number of ether oxygens (including phenoxy) is 1. The Bertz CT molecular complexity index is 1460. The number of hydrogen-bond acceptors (Lipinski definition) is 7. The molecule has 0 unspecified atom stereocenters. The van der Waals surface area contributed by atoms with Crippen molar-refractivity contribution in [3.63, 3.8) is 0 Å². The Kier molecular flexibility index (Phi) is 5.27. The third-order valence-electron chi connectivity index (χ3n) is 4.50. The molecule has 0 saturated carbocycles. The second-order valence-electron chi connectivity index (χ2n) is 6.66. The summed E-state index contributed by atoms with van der Waals surface area (Å²) in [5.74, 6) is -2.29. The highest BCUT2D eigenvalue weighted by Crippen LogP contribution is 2.28. The number of fused-ring (bicyclic) bond motifs is 3. The van der Waals surface area contributed by atoms with Gasteiger partial charge in [0.2, 0.25) is 5.91 Å². The van der Waals surface area contributed by atoms with Gasteiger partial charge in [-0.05, 0) is 24.3 Å². The number of amides is 1. The molecule has 33 heavy (non-hydrogen) atoms. The SMILES string of the molecule is COC(=O)c1cc2n(CC(=O)Nc3ccc(F)cn3)c(=O)c3ccc(C(F)(F)F)nc3n2n1. The lowest BCUT2D eigenvalue weighted by Gasteiger charge is -2.12. The fourth-order valence-electron chi connectivity index (χ4n) is 3.04. The molecule has 0 aliphatic rings. The van der Waals surface area contributed by atoms with Gasteiger partial charge in [0.15, 0.2) is 11.3 Å². The van der Waals surface area contributed by atoms with Gasteiger partial charge in [-0.1, -0.05) is 0 Å². The first-order chi connectivity index (χ1) is 15.6. The first kappa shape index (κ1) is 21.9. The number of halogens is 4. The van der Waals surface area contributed by atoms with E-state index >= 15 is 0 Å². The summed E-state index contributed by atoms with van der Waals surface area (Å²) in [4.78, 5) is 44.6. The molecule has 4 rings (SSSR count). The highest BCUT2D eigenvalue weighted by atomic mass is 19.4. The zero-order valence-corrected chi connectivity index (χ0v) is 16.6. The predicted octanol–water partition coefficient (Wildman–Crippen LogP) is 2.02. The van der Waals surface area contributed by atoms with Crippen molar-refractivity contribution < 1.29 is 31.9 Å². The lowest BCUT2D eigenvalue weighted by Crippen LogP contribution is -2.30. The van der Waals surface area contributed by atoms with E-state index in [1.807, 2.05) is 0 Å². The molecule has 0 radical (unpaired) electrons. The standard InChI is InChI=1S/C19H12F4N6O4/c1-33-18(32)11-6-15-28(8-14(30)26-13-5-2-9(20)7-24-13)17(31)10-3-4-12(19(21,22)23)25-16(10)29(15)27-11/h2-7H,8H2,1H3,(H,24,26,30). The summed E-state index contributed by atoms with van der Waals surface area (Å²) >= 11 is 0. The number of rotatable bonds is 4. The average molecular weight is 464 g/mol. The van der Waals surface area contributed by atoms with Gasteiger partial charge >= 0.3 is 12.1 Å². The Labute approximate surface area is 180 Å². The minimum absolute atomic E-state index is 0.00602. The molecule has 0 fully saturated rings. The van der Waals surface area contributed by atoms with Gasteiger partial charge in [-0.25, -0.2) is 19.2 Å². The molecular formula is C19H12F4N6O4. The topological polar surface area (TPSA) is 120 Å². The van der Waals surface area contributed by atoms with Crippen molar-refractivity contribution in [2.75, 3.05) is 12.4 Å². The normalized spacial score (nSPS) is 11.7. The lowest BCUT2D eigenvalue weighted by molar-refractivity contribution is -0.141. The smallest absolute Gasteiger partial charge is 0.433 e. The van der Waals surface area contributed by atoms with E-state index in [-0.39, 0.29) is 22.5 Å². The second kappa shape index (κ2) is 7.96. The zero-order chi connectivity index (χ0) is 23.9. The molecule has 0 spiro atoms. The van der Waals surface area contributed by atoms with E-state index < -0.39 is 47.3 Å². The van der Waals surface area contributed by atoms with E-state index in [9.17, 15) is 31.9 Å². The molecular weight excluding hydrogens is 452 g/mol. The van der Waals surface area contributed by atoms with Crippen molar-refractivity contribution in [3.8, 4) is 0 Å². The number of nitrogens with zero attached hydrogens (tertiary/aromatic N) is 5. The van der Waals surface area contributed by atoms with Crippen molar-refractivity contribution in [1.82, 2.24) is 24.1 Å². The third kappa shape index (κ3) is 4.09. The number of methoxy groups -OCH3 is 1. The maximum absolute atomic E-state index is 13.2. The van der Waals surface area contributed by atoms with Crippen LogP contribution in [-0.2, 0) is 22.3 Å². The Balaban J connectivity index is 1.87. The first-order valence-electron chi connectivity index (χ1n) is 9.08. The van der Waals surface area contributed by atoms with Crippen LogP contribution in [0.2, 0.25) is 0 Å². The first-order valence-corrected chi connectivity index (χ1v) is 9.08. The fourth-order valence-corrected chi connectivity index (χ4v) is 3.04. The molecule has 14 heteroatoms. The van der Waals surface area contributed by atoms with Crippen LogP contribution in [-0.4, -0.2) is 43.1 Å². The van der Waals surface area contributed by atoms with Crippen molar-refractivity contribution in [2.24, 2.45) is 0 Å². The summed E-state index contributed by atoms with van der Waals surface area (Å²) in [6, 6.07) is 4.86. The van der Waals surface area contributed by atoms with Crippen LogP contribution in [0.15, 0.2) is 41.3 Å². The van der Waals surface area contributed by atoms with Gasteiger partial charge in [-0.3, -0.25) is 14.2 Å². The summed E-state index contributed by atoms with van der Waals surface area (Å²) < 4.78 is 58.8. The molecule has 0 aliphatic heterocycles. The van der Waals surface area contributed by atoms with Crippen LogP contribution in [0.5, 0.6) is 0 Å². The van der Waals surface area contributed by atoms with Crippen LogP contribution in [0.3, 0.4) is 0 Å². The number of anilines is 1. The molecule has 170 valence electrons. The van der Waals surface area contributed by atoms with Gasteiger partial charge in [0, 0.05) is 6.07 Å². The number of aromatic nitrogens is 5. The maximum Gasteiger partial charge on any atom is 0.433 e. The van der Waals surface area contributed by atoms with Crippen molar-refractivity contribution in [3.05, 3.63) is 64.1 Å². The fraction of sp³-hybridized carbons (Fsp3) is 0.158. The largest absolute Gasteiger partial charge is 0.464 e. The number of carbonyl (C=O) groups is 2. The third-order valence-corrected chi connectivity index (χ3v) is 4.50. The highest BCUT2D eigenvalue weighted by Gasteiger charge is 2.33. The average Bonchev–Trinajstić information content (AvgIpc) is 3.22. The summed E-state index contributed by atoms with van der Waals surface area (Å²) in [6.45, 7) is -0.620. The molecule has 4 heterocycles. The minimum atomic E-state index is -4.80. The van der Waals surface area contributed by atoms with Crippen LogP contribution >= 0.6 is 0 Å². The van der Waals surface area contributed by atoms with Gasteiger partial charge in [0.25, 0.3) is 5.56 Å². The van der Waals surface area contributed by atoms with E-state index in [1.165, 1.54) is 6.07 Å². The van der Waals surface area contributed by atoms with Gasteiger partial charge in [-0.15, -0.1) is 0 Å². The van der Waals surface area contributed by atoms with E-state index in [4.69, 9.17) is 0 Å². The summed E-state index contributed by atoms with van der Waals surface area (Å²) in [5.41, 5.74) is -3.09. The summed E-state index contributed by atoms with van der Waals surface area (Å²) in [6.07, 6.45) is -3.92. The monoisotopic (exact) mass is 464 g/mol. The molecule has 1 N–H and O–H groups in total. The maximum atomic E-state index is 13.2. The number of hydrogen-bond donors (Lipinski definition) is 1. The van der Waals surface area contributed by atoms with E-state index in [0.29, 0.717) is 6.07 Å². The van der Waals surface area contributed by atoms with Crippen molar-refractivity contribution in [1.29, 1.82) is 0 Å². The van der Waals surface area contributed by atoms with E-state index in [1.54, 1.807) is 0 Å². The van der Waals surface area contributed by atoms with Crippen molar-refractivity contribution >= 4 is 34.4 Å². The molecule has 4 aromatic heterocycles. The lowest BCUT2D eigenvalue weighted by atomic mass is 10.2. The number of esters is 1. The Morgan fingerprint density at radius 3 is 2.58 bits per heavy atom. The van der Waals surface area contributed by atoms with E-state index in [0.717, 1.165) is 40.6 Å². The molecule has 10 nitrogen and oxygen atoms in total. The van der Waals surface area contributed by atoms with Crippen LogP contribution in [0, 0.1) is 5.82 Å².